The Bertz CT molecular complexity index is 1520. The third kappa shape index (κ3) is 3.48. The lowest BCUT2D eigenvalue weighted by atomic mass is 10.1. The summed E-state index contributed by atoms with van der Waals surface area (Å²) in [5, 5.41) is 3.07. The number of imidazole rings is 1. The molecule has 0 bridgehead atoms. The molecule has 2 N–H and O–H groups in total. The zero-order valence-electron chi connectivity index (χ0n) is 16.9. The SMILES string of the molecule is C[C@H](Nc1ncnc2nc[nH]c12)C1=Cc2cccc(F)c2S(=O)(=O)N1c1cc(F)cc(F)c1. The van der Waals surface area contributed by atoms with Gasteiger partial charge in [0, 0.05) is 6.07 Å². The Balaban J connectivity index is 1.68. The van der Waals surface area contributed by atoms with E-state index in [1.807, 2.05) is 0 Å². The minimum atomic E-state index is -4.55. The Morgan fingerprint density at radius 1 is 1.06 bits per heavy atom. The monoisotopic (exact) mass is 472 g/mol. The highest BCUT2D eigenvalue weighted by Crippen LogP contribution is 2.39. The molecule has 5 rings (SSSR count). The summed E-state index contributed by atoms with van der Waals surface area (Å²) in [6, 6.07) is 5.43. The third-order valence-corrected chi connectivity index (χ3v) is 6.98. The molecule has 3 heterocycles. The summed E-state index contributed by atoms with van der Waals surface area (Å²) in [7, 11) is -4.55. The van der Waals surface area contributed by atoms with Gasteiger partial charge in [-0.15, -0.1) is 0 Å². The summed E-state index contributed by atoms with van der Waals surface area (Å²) in [4.78, 5) is 14.6. The van der Waals surface area contributed by atoms with Gasteiger partial charge in [-0.3, -0.25) is 0 Å². The molecule has 0 spiro atoms. The molecule has 2 aromatic carbocycles. The van der Waals surface area contributed by atoms with E-state index < -0.39 is 38.4 Å². The normalized spacial score (nSPS) is 15.8. The minimum absolute atomic E-state index is 0.101. The Hall–Kier alpha value is -3.93. The average Bonchev–Trinajstić information content (AvgIpc) is 3.22. The van der Waals surface area contributed by atoms with Gasteiger partial charge >= 0.3 is 0 Å². The highest BCUT2D eigenvalue weighted by atomic mass is 32.2. The number of H-pyrrole nitrogens is 1. The quantitative estimate of drug-likeness (QED) is 0.468. The zero-order chi connectivity index (χ0) is 23.3. The number of halogens is 3. The van der Waals surface area contributed by atoms with Crippen molar-refractivity contribution in [3.63, 3.8) is 0 Å². The Morgan fingerprint density at radius 2 is 1.82 bits per heavy atom. The lowest BCUT2D eigenvalue weighted by molar-refractivity contribution is 0.562. The molecule has 1 aliphatic rings. The van der Waals surface area contributed by atoms with Crippen LogP contribution < -0.4 is 9.62 Å². The molecule has 0 saturated heterocycles. The Labute approximate surface area is 185 Å². The van der Waals surface area contributed by atoms with E-state index in [9.17, 15) is 21.6 Å². The maximum absolute atomic E-state index is 14.6. The molecule has 2 aromatic heterocycles. The fraction of sp³-hybridized carbons (Fsp3) is 0.0952. The molecule has 0 saturated carbocycles. The summed E-state index contributed by atoms with van der Waals surface area (Å²) in [6.45, 7) is 1.64. The van der Waals surface area contributed by atoms with Crippen molar-refractivity contribution in [2.75, 3.05) is 9.62 Å². The number of hydrogen-bond donors (Lipinski definition) is 2. The molecule has 12 heteroatoms. The van der Waals surface area contributed by atoms with Crippen molar-refractivity contribution in [2.24, 2.45) is 0 Å². The number of fused-ring (bicyclic) bond motifs is 2. The molecule has 1 atom stereocenters. The van der Waals surface area contributed by atoms with Gasteiger partial charge in [-0.1, -0.05) is 12.1 Å². The van der Waals surface area contributed by atoms with Crippen LogP contribution in [0.3, 0.4) is 0 Å². The minimum Gasteiger partial charge on any atom is -0.360 e. The maximum Gasteiger partial charge on any atom is 0.271 e. The first-order valence-electron chi connectivity index (χ1n) is 9.68. The van der Waals surface area contributed by atoms with Crippen LogP contribution in [-0.4, -0.2) is 34.4 Å². The molecule has 4 aromatic rings. The average molecular weight is 472 g/mol. The van der Waals surface area contributed by atoms with Crippen LogP contribution in [-0.2, 0) is 10.0 Å². The largest absolute Gasteiger partial charge is 0.360 e. The molecule has 8 nitrogen and oxygen atoms in total. The van der Waals surface area contributed by atoms with E-state index in [-0.39, 0.29) is 16.9 Å². The second kappa shape index (κ2) is 7.59. The standard InChI is InChI=1S/C21H15F3N6O2S/c1-11(29-21-18-20(26-9-25-18)27-10-28-21)17-5-12-3-2-4-16(24)19(12)33(31,32)30(17)15-7-13(22)6-14(23)8-15/h2-11H,1H3,(H2,25,26,27,28,29)/t11-/m0/s1. The van der Waals surface area contributed by atoms with Crippen molar-refractivity contribution in [3.05, 3.63) is 77.8 Å². The number of hydrogen-bond acceptors (Lipinski definition) is 6. The molecule has 0 radical (unpaired) electrons. The van der Waals surface area contributed by atoms with Crippen LogP contribution in [0.15, 0.2) is 59.6 Å². The summed E-state index contributed by atoms with van der Waals surface area (Å²) in [5.41, 5.74) is 0.779. The number of sulfonamides is 1. The number of anilines is 2. The molecule has 0 amide bonds. The van der Waals surface area contributed by atoms with Gasteiger partial charge in [0.15, 0.2) is 11.5 Å². The Kier molecular flexibility index (Phi) is 4.81. The van der Waals surface area contributed by atoms with Gasteiger partial charge in [0.1, 0.15) is 34.2 Å². The molecule has 168 valence electrons. The molecule has 0 unspecified atom stereocenters. The van der Waals surface area contributed by atoms with Crippen LogP contribution in [0.2, 0.25) is 0 Å². The van der Waals surface area contributed by atoms with Gasteiger partial charge in [-0.2, -0.15) is 0 Å². The van der Waals surface area contributed by atoms with E-state index in [4.69, 9.17) is 0 Å². The van der Waals surface area contributed by atoms with E-state index in [0.29, 0.717) is 23.0 Å². The number of benzene rings is 2. The molecular weight excluding hydrogens is 457 g/mol. The highest BCUT2D eigenvalue weighted by Gasteiger charge is 2.38. The molecule has 0 aliphatic carbocycles. The number of nitrogens with one attached hydrogen (secondary N) is 2. The molecular formula is C21H15F3N6O2S. The Morgan fingerprint density at radius 3 is 2.58 bits per heavy atom. The van der Waals surface area contributed by atoms with Gasteiger partial charge < -0.3 is 10.3 Å². The molecule has 1 aliphatic heterocycles. The highest BCUT2D eigenvalue weighted by molar-refractivity contribution is 7.93. The molecule has 33 heavy (non-hydrogen) atoms. The van der Waals surface area contributed by atoms with Gasteiger partial charge in [0.25, 0.3) is 10.0 Å². The smallest absolute Gasteiger partial charge is 0.271 e. The van der Waals surface area contributed by atoms with E-state index in [1.165, 1.54) is 30.9 Å². The third-order valence-electron chi connectivity index (χ3n) is 5.14. The summed E-state index contributed by atoms with van der Waals surface area (Å²) >= 11 is 0. The number of aromatic amines is 1. The predicted octanol–water partition coefficient (Wildman–Crippen LogP) is 3.82. The summed E-state index contributed by atoms with van der Waals surface area (Å²) in [6.07, 6.45) is 4.17. The lowest BCUT2D eigenvalue weighted by Crippen LogP contribution is -2.40. The van der Waals surface area contributed by atoms with Gasteiger partial charge in [0.05, 0.1) is 23.8 Å². The van der Waals surface area contributed by atoms with Crippen molar-refractivity contribution in [1.29, 1.82) is 0 Å². The van der Waals surface area contributed by atoms with E-state index in [1.54, 1.807) is 6.92 Å². The van der Waals surface area contributed by atoms with Crippen molar-refractivity contribution in [2.45, 2.75) is 17.9 Å². The van der Waals surface area contributed by atoms with Gasteiger partial charge in [-0.05, 0) is 36.8 Å². The molecule has 0 fully saturated rings. The van der Waals surface area contributed by atoms with E-state index >= 15 is 0 Å². The zero-order valence-corrected chi connectivity index (χ0v) is 17.7. The fourth-order valence-electron chi connectivity index (χ4n) is 3.76. The van der Waals surface area contributed by atoms with Crippen LogP contribution in [0.5, 0.6) is 0 Å². The summed E-state index contributed by atoms with van der Waals surface area (Å²) in [5.74, 6) is -2.59. The summed E-state index contributed by atoms with van der Waals surface area (Å²) < 4.78 is 70.4. The predicted molar refractivity (Wildman–Crippen MR) is 115 cm³/mol. The number of aromatic nitrogens is 4. The second-order valence-corrected chi connectivity index (χ2v) is 9.04. The van der Waals surface area contributed by atoms with Crippen molar-refractivity contribution < 1.29 is 21.6 Å². The first-order chi connectivity index (χ1) is 15.8. The van der Waals surface area contributed by atoms with Crippen LogP contribution in [0.1, 0.15) is 12.5 Å². The number of rotatable bonds is 4. The fourth-order valence-corrected chi connectivity index (χ4v) is 5.55. The van der Waals surface area contributed by atoms with Gasteiger partial charge in [0.2, 0.25) is 0 Å². The van der Waals surface area contributed by atoms with Crippen LogP contribution in [0, 0.1) is 17.5 Å². The van der Waals surface area contributed by atoms with Crippen molar-refractivity contribution >= 4 is 38.8 Å². The topological polar surface area (TPSA) is 104 Å². The van der Waals surface area contributed by atoms with E-state index in [2.05, 4.69) is 25.3 Å². The van der Waals surface area contributed by atoms with Crippen molar-refractivity contribution in [3.8, 4) is 0 Å². The second-order valence-electron chi connectivity index (χ2n) is 7.31. The number of nitrogens with zero attached hydrogens (tertiary/aromatic N) is 4. The maximum atomic E-state index is 14.6. The lowest BCUT2D eigenvalue weighted by Gasteiger charge is -2.34. The van der Waals surface area contributed by atoms with Crippen LogP contribution >= 0.6 is 0 Å². The van der Waals surface area contributed by atoms with E-state index in [0.717, 1.165) is 22.5 Å². The first-order valence-corrected chi connectivity index (χ1v) is 11.1. The van der Waals surface area contributed by atoms with Crippen molar-refractivity contribution in [1.82, 2.24) is 19.9 Å². The van der Waals surface area contributed by atoms with Crippen LogP contribution in [0.4, 0.5) is 24.7 Å². The van der Waals surface area contributed by atoms with Gasteiger partial charge in [-0.25, -0.2) is 40.8 Å². The van der Waals surface area contributed by atoms with Crippen LogP contribution in [0.25, 0.3) is 17.2 Å². The first kappa shape index (κ1) is 20.9.